The maximum atomic E-state index is 13.6. The molecule has 2 saturated heterocycles. The number of hydrogen-bond donors (Lipinski definition) is 1. The topological polar surface area (TPSA) is 137 Å². The van der Waals surface area contributed by atoms with Crippen molar-refractivity contribution in [2.24, 2.45) is 0 Å². The highest BCUT2D eigenvalue weighted by Gasteiger charge is 2.50. The molecule has 0 amide bonds. The molecule has 0 aliphatic carbocycles. The second-order valence-electron chi connectivity index (χ2n) is 15.9. The molecular formula is C52H58O12S. The van der Waals surface area contributed by atoms with Crippen molar-refractivity contribution in [1.29, 1.82) is 0 Å². The van der Waals surface area contributed by atoms with E-state index >= 15 is 0 Å². The van der Waals surface area contributed by atoms with Crippen LogP contribution in [0.25, 0.3) is 0 Å². The van der Waals surface area contributed by atoms with Gasteiger partial charge in [0.25, 0.3) is 0 Å². The Hall–Kier alpha value is -4.93. The molecule has 0 unspecified atom stereocenters. The number of aliphatic hydroxyl groups excluding tert-OH is 1. The molecule has 0 bridgehead atoms. The van der Waals surface area contributed by atoms with E-state index in [4.69, 9.17) is 42.6 Å². The van der Waals surface area contributed by atoms with Crippen LogP contribution in [-0.4, -0.2) is 90.0 Å². The SMILES string of the molecule is CCS[C@H]1O[C@H](COC(=O)CC(=O)O[C@@H]2[C@@H](O)[C@H](C)O[C@@H](OCc3ccccc3)[C@@H]2OCc2ccccc2)[C@@H](OCc2ccccc2)[C@H](OCc2ccccc2)[C@@H]1OCc1ccccc1. The summed E-state index contributed by atoms with van der Waals surface area (Å²) in [6.45, 7) is 4.55. The van der Waals surface area contributed by atoms with Gasteiger partial charge in [-0.05, 0) is 40.5 Å². The molecular weight excluding hydrogens is 849 g/mol. The number of rotatable bonds is 22. The lowest BCUT2D eigenvalue weighted by molar-refractivity contribution is -0.309. The van der Waals surface area contributed by atoms with Crippen molar-refractivity contribution in [2.45, 2.75) is 114 Å². The molecule has 0 saturated carbocycles. The predicted molar refractivity (Wildman–Crippen MR) is 244 cm³/mol. The number of benzene rings is 5. The van der Waals surface area contributed by atoms with Crippen LogP contribution >= 0.6 is 11.8 Å². The molecule has 2 fully saturated rings. The third-order valence-electron chi connectivity index (χ3n) is 11.0. The largest absolute Gasteiger partial charge is 0.462 e. The summed E-state index contributed by atoms with van der Waals surface area (Å²) < 4.78 is 57.0. The van der Waals surface area contributed by atoms with E-state index in [9.17, 15) is 14.7 Å². The molecule has 0 aromatic heterocycles. The van der Waals surface area contributed by atoms with E-state index in [2.05, 4.69) is 0 Å². The van der Waals surface area contributed by atoms with Gasteiger partial charge in [0.15, 0.2) is 12.4 Å². The van der Waals surface area contributed by atoms with Gasteiger partial charge in [0.05, 0.1) is 39.1 Å². The van der Waals surface area contributed by atoms with E-state index in [1.807, 2.05) is 159 Å². The monoisotopic (exact) mass is 906 g/mol. The summed E-state index contributed by atoms with van der Waals surface area (Å²) >= 11 is 1.56. The Morgan fingerprint density at radius 1 is 0.523 bits per heavy atom. The highest BCUT2D eigenvalue weighted by Crippen LogP contribution is 2.36. The van der Waals surface area contributed by atoms with Crippen molar-refractivity contribution < 1.29 is 57.3 Å². The fourth-order valence-corrected chi connectivity index (χ4v) is 8.64. The maximum absolute atomic E-state index is 13.6. The fraction of sp³-hybridized carbons (Fsp3) is 0.385. The summed E-state index contributed by atoms with van der Waals surface area (Å²) in [5.74, 6) is -1.06. The molecule has 2 heterocycles. The van der Waals surface area contributed by atoms with Gasteiger partial charge in [0.2, 0.25) is 0 Å². The number of carbonyl (C=O) groups excluding carboxylic acids is 2. The van der Waals surface area contributed by atoms with E-state index in [0.717, 1.165) is 27.8 Å². The zero-order valence-corrected chi connectivity index (χ0v) is 37.5. The van der Waals surface area contributed by atoms with Gasteiger partial charge >= 0.3 is 11.9 Å². The average Bonchev–Trinajstić information content (AvgIpc) is 3.34. The molecule has 0 spiro atoms. The molecule has 7 rings (SSSR count). The standard InChI is InChI=1S/C52H58O12S/c1-3-65-52-50(60-33-40-25-15-7-16-26-40)48(58-31-38-21-11-5-12-22-38)46(57-30-37-19-9-4-10-20-37)42(63-52)35-56-43(53)29-44(54)64-47-45(55)36(2)62-51(61-34-41-27-17-8-18-28-41)49(47)59-32-39-23-13-6-14-24-39/h4-28,36,42,45-52,55H,3,29-35H2,1-2H3/t36-,42+,45-,46+,47+,48-,49+,50-,51+,52+/m0/s1. The van der Waals surface area contributed by atoms with Crippen LogP contribution in [0.3, 0.4) is 0 Å². The van der Waals surface area contributed by atoms with Crippen LogP contribution in [-0.2, 0) is 85.3 Å². The first-order chi connectivity index (χ1) is 31.8. The average molecular weight is 907 g/mol. The summed E-state index contributed by atoms with van der Waals surface area (Å²) in [5.41, 5.74) is 4.13. The number of esters is 2. The summed E-state index contributed by atoms with van der Waals surface area (Å²) in [4.78, 5) is 27.2. The minimum Gasteiger partial charge on any atom is -0.462 e. The van der Waals surface area contributed by atoms with Gasteiger partial charge in [-0.2, -0.15) is 0 Å². The first kappa shape index (κ1) is 48.0. The third kappa shape index (κ3) is 14.3. The molecule has 65 heavy (non-hydrogen) atoms. The minimum atomic E-state index is -1.29. The van der Waals surface area contributed by atoms with E-state index in [0.29, 0.717) is 12.4 Å². The highest BCUT2D eigenvalue weighted by atomic mass is 32.2. The van der Waals surface area contributed by atoms with Crippen LogP contribution in [0.2, 0.25) is 0 Å². The van der Waals surface area contributed by atoms with E-state index < -0.39 is 78.9 Å². The Morgan fingerprint density at radius 2 is 0.938 bits per heavy atom. The zero-order chi connectivity index (χ0) is 45.2. The molecule has 12 nitrogen and oxygen atoms in total. The van der Waals surface area contributed by atoms with Crippen molar-refractivity contribution in [2.75, 3.05) is 12.4 Å². The Balaban J connectivity index is 1.06. The van der Waals surface area contributed by atoms with Crippen molar-refractivity contribution in [3.8, 4) is 0 Å². The molecule has 13 heteroatoms. The van der Waals surface area contributed by atoms with Crippen LogP contribution in [0, 0.1) is 0 Å². The normalized spacial score (nSPS) is 25.4. The summed E-state index contributed by atoms with van der Waals surface area (Å²) in [5, 5.41) is 11.4. The number of hydrogen-bond acceptors (Lipinski definition) is 13. The molecule has 344 valence electrons. The van der Waals surface area contributed by atoms with E-state index in [-0.39, 0.29) is 33.0 Å². The van der Waals surface area contributed by atoms with E-state index in [1.54, 1.807) is 18.7 Å². The van der Waals surface area contributed by atoms with Gasteiger partial charge in [0, 0.05) is 0 Å². The second-order valence-corrected chi connectivity index (χ2v) is 17.2. The first-order valence-corrected chi connectivity index (χ1v) is 23.1. The lowest BCUT2D eigenvalue weighted by Crippen LogP contribution is -2.60. The lowest BCUT2D eigenvalue weighted by Gasteiger charge is -2.45. The van der Waals surface area contributed by atoms with Gasteiger partial charge in [-0.3, -0.25) is 9.59 Å². The number of ether oxygens (including phenoxy) is 9. The maximum Gasteiger partial charge on any atom is 0.317 e. The van der Waals surface area contributed by atoms with Crippen molar-refractivity contribution in [3.05, 3.63) is 179 Å². The van der Waals surface area contributed by atoms with Crippen LogP contribution in [0.1, 0.15) is 48.1 Å². The summed E-state index contributed by atoms with van der Waals surface area (Å²) in [6, 6.07) is 48.5. The Morgan fingerprint density at radius 3 is 1.40 bits per heavy atom. The van der Waals surface area contributed by atoms with Crippen LogP contribution in [0.4, 0.5) is 0 Å². The predicted octanol–water partition coefficient (Wildman–Crippen LogP) is 7.97. The smallest absolute Gasteiger partial charge is 0.317 e. The third-order valence-corrected chi connectivity index (χ3v) is 12.1. The minimum absolute atomic E-state index is 0.123. The summed E-state index contributed by atoms with van der Waals surface area (Å²) in [7, 11) is 0. The van der Waals surface area contributed by atoms with Gasteiger partial charge in [0.1, 0.15) is 55.1 Å². The Kier molecular flexibility index (Phi) is 18.5. The number of aliphatic hydroxyl groups is 1. The van der Waals surface area contributed by atoms with Gasteiger partial charge in [-0.1, -0.05) is 159 Å². The van der Waals surface area contributed by atoms with Gasteiger partial charge in [-0.25, -0.2) is 0 Å². The Labute approximate surface area is 385 Å². The first-order valence-electron chi connectivity index (χ1n) is 22.1. The van der Waals surface area contributed by atoms with Crippen molar-refractivity contribution in [1.82, 2.24) is 0 Å². The quantitative estimate of drug-likeness (QED) is 0.0532. The lowest BCUT2D eigenvalue weighted by atomic mass is 9.98. The van der Waals surface area contributed by atoms with E-state index in [1.165, 1.54) is 0 Å². The second kappa shape index (κ2) is 25.1. The molecule has 1 N–H and O–H groups in total. The van der Waals surface area contributed by atoms with Crippen molar-refractivity contribution >= 4 is 23.7 Å². The van der Waals surface area contributed by atoms with Crippen LogP contribution < -0.4 is 0 Å². The van der Waals surface area contributed by atoms with Crippen LogP contribution in [0.5, 0.6) is 0 Å². The number of carbonyl (C=O) groups is 2. The Bertz CT molecular complexity index is 2130. The summed E-state index contributed by atoms with van der Waals surface area (Å²) in [6.07, 6.45) is -8.91. The van der Waals surface area contributed by atoms with Gasteiger partial charge < -0.3 is 47.7 Å². The molecule has 5 aromatic rings. The van der Waals surface area contributed by atoms with Crippen LogP contribution in [0.15, 0.2) is 152 Å². The molecule has 5 aromatic carbocycles. The zero-order valence-electron chi connectivity index (χ0n) is 36.7. The fourth-order valence-electron chi connectivity index (χ4n) is 7.67. The molecule has 2 aliphatic rings. The number of thioether (sulfide) groups is 1. The van der Waals surface area contributed by atoms with Crippen molar-refractivity contribution in [3.63, 3.8) is 0 Å². The highest BCUT2D eigenvalue weighted by molar-refractivity contribution is 7.99. The molecule has 10 atom stereocenters. The molecule has 2 aliphatic heterocycles. The molecule has 0 radical (unpaired) electrons. The van der Waals surface area contributed by atoms with Gasteiger partial charge in [-0.15, -0.1) is 11.8 Å².